The van der Waals surface area contributed by atoms with Gasteiger partial charge in [0.15, 0.2) is 11.5 Å². The van der Waals surface area contributed by atoms with Crippen LogP contribution >= 0.6 is 23.5 Å². The average Bonchev–Trinajstić information content (AvgIpc) is 3.22. The fraction of sp³-hybridized carbons (Fsp3) is 0.457. The molecule has 0 heterocycles. The predicted molar refractivity (Wildman–Crippen MR) is 168 cm³/mol. The molecule has 6 rings (SSSR count). The number of aliphatic carboxylic acids is 1. The van der Waals surface area contributed by atoms with Crippen LogP contribution in [0.2, 0.25) is 0 Å². The third-order valence-corrected chi connectivity index (χ3v) is 12.9. The van der Waals surface area contributed by atoms with Crippen molar-refractivity contribution in [2.75, 3.05) is 6.26 Å². The number of aliphatic hydroxyl groups excluding tert-OH is 1. The Morgan fingerprint density at radius 2 is 1.58 bits per heavy atom. The minimum absolute atomic E-state index is 0.00281. The van der Waals surface area contributed by atoms with E-state index in [1.165, 1.54) is 30.8 Å². The summed E-state index contributed by atoms with van der Waals surface area (Å²) in [6.45, 7) is 4.77. The molecule has 6 nitrogen and oxygen atoms in total. The first-order chi connectivity index (χ1) is 21.2. The first-order valence-electron chi connectivity index (χ1n) is 15.1. The Bertz CT molecular complexity index is 1610. The van der Waals surface area contributed by atoms with Crippen LogP contribution in [0.5, 0.6) is 0 Å². The highest BCUT2D eigenvalue weighted by Gasteiger charge is 2.78. The van der Waals surface area contributed by atoms with Crippen LogP contribution in [0.15, 0.2) is 87.0 Å². The van der Waals surface area contributed by atoms with E-state index in [4.69, 9.17) is 4.74 Å². The van der Waals surface area contributed by atoms with Crippen molar-refractivity contribution in [2.24, 2.45) is 28.6 Å². The maximum Gasteiger partial charge on any atom is 0.349 e. The zero-order chi connectivity index (χ0) is 32.5. The number of alkyl halides is 2. The van der Waals surface area contributed by atoms with E-state index in [0.717, 1.165) is 20.8 Å². The second-order valence-electron chi connectivity index (χ2n) is 13.2. The molecule has 45 heavy (non-hydrogen) atoms. The van der Waals surface area contributed by atoms with Crippen LogP contribution in [-0.4, -0.2) is 57.7 Å². The number of thioether (sulfide) groups is 1. The Morgan fingerprint density at radius 3 is 2.18 bits per heavy atom. The van der Waals surface area contributed by atoms with Crippen LogP contribution in [-0.2, 0) is 14.3 Å². The van der Waals surface area contributed by atoms with Crippen molar-refractivity contribution in [1.29, 1.82) is 0 Å². The van der Waals surface area contributed by atoms with Gasteiger partial charge in [0.05, 0.1) is 11.7 Å². The van der Waals surface area contributed by atoms with Gasteiger partial charge in [-0.05, 0) is 105 Å². The molecule has 4 aliphatic rings. The van der Waals surface area contributed by atoms with E-state index in [1.807, 2.05) is 30.5 Å². The number of rotatable bonds is 6. The molecule has 0 radical (unpaired) electrons. The number of allylic oxidation sites excluding steroid dienone is 4. The third-order valence-electron chi connectivity index (χ3n) is 11.1. The van der Waals surface area contributed by atoms with Gasteiger partial charge in [-0.3, -0.25) is 4.79 Å². The molecule has 0 aliphatic heterocycles. The van der Waals surface area contributed by atoms with Crippen molar-refractivity contribution in [2.45, 2.75) is 78.3 Å². The van der Waals surface area contributed by atoms with E-state index in [0.29, 0.717) is 0 Å². The standard InChI is InChI=1S/C35H36F2O6S2/c1-19-15-25-26-17-28(36)27-16-21(38)13-14-32(27,2)34(26,37)29(39)18-33(25,3)35(19,31(41)42)43-30(40)20-5-7-23(8-6-20)45-24-11-9-22(44-4)10-12-24/h5-14,16,19,25-26,28-29,39H,15,17-18H2,1-4H3,(H,41,42)/t19-,25+,26+,28+,29+,32+,33+,34?,35-/m1/s1. The van der Waals surface area contributed by atoms with Crippen molar-refractivity contribution < 1.29 is 38.1 Å². The lowest BCUT2D eigenvalue weighted by Crippen LogP contribution is -2.71. The molecular weight excluding hydrogens is 619 g/mol. The Hall–Kier alpha value is -2.95. The SMILES string of the molecule is CSc1ccc(Sc2ccc(C(=O)O[C@@]3(C(=O)O)[C@H](C)C[C@H]4[C@@H]5C[C@H](F)C6=CC(=O)C=C[C@]6(C)C5(F)[C@@H](O)C[C@@]43C)cc2)cc1. The predicted octanol–water partition coefficient (Wildman–Crippen LogP) is 7.10. The van der Waals surface area contributed by atoms with Crippen LogP contribution in [0.25, 0.3) is 0 Å². The summed E-state index contributed by atoms with van der Waals surface area (Å²) in [5, 5.41) is 22.3. The molecule has 4 aliphatic carbocycles. The molecule has 0 bridgehead atoms. The van der Waals surface area contributed by atoms with E-state index >= 15 is 8.78 Å². The summed E-state index contributed by atoms with van der Waals surface area (Å²) in [4.78, 5) is 42.0. The van der Waals surface area contributed by atoms with Crippen molar-refractivity contribution in [3.05, 3.63) is 77.9 Å². The Labute approximate surface area is 269 Å². The van der Waals surface area contributed by atoms with Crippen LogP contribution in [0.4, 0.5) is 8.78 Å². The van der Waals surface area contributed by atoms with Crippen LogP contribution < -0.4 is 0 Å². The van der Waals surface area contributed by atoms with Crippen molar-refractivity contribution in [1.82, 2.24) is 0 Å². The molecule has 2 N–H and O–H groups in total. The van der Waals surface area contributed by atoms with Crippen molar-refractivity contribution in [3.8, 4) is 0 Å². The van der Waals surface area contributed by atoms with Crippen molar-refractivity contribution >= 4 is 41.2 Å². The fourth-order valence-corrected chi connectivity index (χ4v) is 10.1. The molecule has 0 saturated heterocycles. The van der Waals surface area contributed by atoms with Gasteiger partial charge in [0.25, 0.3) is 0 Å². The van der Waals surface area contributed by atoms with Gasteiger partial charge in [0, 0.05) is 37.4 Å². The molecule has 3 fully saturated rings. The maximum absolute atomic E-state index is 17.5. The van der Waals surface area contributed by atoms with Gasteiger partial charge in [-0.15, -0.1) is 11.8 Å². The molecule has 9 atom stereocenters. The second-order valence-corrected chi connectivity index (χ2v) is 15.3. The number of carboxylic acid groups (broad SMARTS) is 1. The lowest BCUT2D eigenvalue weighted by atomic mass is 9.44. The third kappa shape index (κ3) is 4.57. The van der Waals surface area contributed by atoms with Gasteiger partial charge in [-0.25, -0.2) is 18.4 Å². The van der Waals surface area contributed by atoms with E-state index in [-0.39, 0.29) is 30.4 Å². The molecular formula is C35H36F2O6S2. The lowest BCUT2D eigenvalue weighted by molar-refractivity contribution is -0.229. The molecule has 2 aromatic rings. The van der Waals surface area contributed by atoms with E-state index < -0.39 is 69.9 Å². The Kier molecular flexibility index (Phi) is 7.89. The van der Waals surface area contributed by atoms with Gasteiger partial charge < -0.3 is 14.9 Å². The Morgan fingerprint density at radius 1 is 0.978 bits per heavy atom. The number of ether oxygens (including phenoxy) is 1. The highest BCUT2D eigenvalue weighted by atomic mass is 32.2. The summed E-state index contributed by atoms with van der Waals surface area (Å²) in [6, 6.07) is 14.8. The Balaban J connectivity index is 1.30. The number of aliphatic hydroxyl groups is 1. The molecule has 10 heteroatoms. The quantitative estimate of drug-likeness (QED) is 0.251. The number of carbonyl (C=O) groups is 3. The summed E-state index contributed by atoms with van der Waals surface area (Å²) in [6.07, 6.45) is 1.85. The molecule has 1 unspecified atom stereocenters. The van der Waals surface area contributed by atoms with Gasteiger partial charge in [-0.2, -0.15) is 0 Å². The topological polar surface area (TPSA) is 101 Å². The summed E-state index contributed by atoms with van der Waals surface area (Å²) >= 11 is 3.17. The van der Waals surface area contributed by atoms with Gasteiger partial charge in [-0.1, -0.05) is 31.7 Å². The molecule has 0 amide bonds. The number of hydrogen-bond acceptors (Lipinski definition) is 7. The minimum atomic E-state index is -2.36. The fourth-order valence-electron chi connectivity index (χ4n) is 8.88. The normalized spacial score (nSPS) is 38.5. The lowest BCUT2D eigenvalue weighted by Gasteiger charge is -2.62. The van der Waals surface area contributed by atoms with Crippen molar-refractivity contribution in [3.63, 3.8) is 0 Å². The smallest absolute Gasteiger partial charge is 0.349 e. The van der Waals surface area contributed by atoms with E-state index in [2.05, 4.69) is 0 Å². The second kappa shape index (κ2) is 11.1. The maximum atomic E-state index is 17.5. The molecule has 2 aromatic carbocycles. The molecule has 0 spiro atoms. The van der Waals surface area contributed by atoms with Crippen LogP contribution in [0.3, 0.4) is 0 Å². The monoisotopic (exact) mass is 654 g/mol. The highest BCUT2D eigenvalue weighted by Crippen LogP contribution is 2.71. The van der Waals surface area contributed by atoms with Crippen LogP contribution in [0, 0.1) is 28.6 Å². The number of fused-ring (bicyclic) bond motifs is 5. The number of benzene rings is 2. The summed E-state index contributed by atoms with van der Waals surface area (Å²) in [5.74, 6) is -5.21. The average molecular weight is 655 g/mol. The first-order valence-corrected chi connectivity index (χ1v) is 17.1. The van der Waals surface area contributed by atoms with Crippen LogP contribution in [0.1, 0.15) is 50.4 Å². The summed E-state index contributed by atoms with van der Waals surface area (Å²) in [5.41, 5.74) is -7.28. The zero-order valence-electron chi connectivity index (χ0n) is 25.5. The molecule has 0 aromatic heterocycles. The number of halogens is 2. The largest absolute Gasteiger partial charge is 0.478 e. The summed E-state index contributed by atoms with van der Waals surface area (Å²) < 4.78 is 39.3. The van der Waals surface area contributed by atoms with Gasteiger partial charge in [0.1, 0.15) is 6.17 Å². The number of carbonyl (C=O) groups excluding carboxylic acids is 2. The van der Waals surface area contributed by atoms with Gasteiger partial charge >= 0.3 is 11.9 Å². The van der Waals surface area contributed by atoms with Gasteiger partial charge in [0.2, 0.25) is 5.60 Å². The zero-order valence-corrected chi connectivity index (χ0v) is 27.1. The van der Waals surface area contributed by atoms with E-state index in [1.54, 1.807) is 49.9 Å². The highest BCUT2D eigenvalue weighted by molar-refractivity contribution is 7.99. The molecule has 3 saturated carbocycles. The number of esters is 1. The first kappa shape index (κ1) is 32.0. The van der Waals surface area contributed by atoms with E-state index in [9.17, 15) is 24.6 Å². The minimum Gasteiger partial charge on any atom is -0.478 e. The summed E-state index contributed by atoms with van der Waals surface area (Å²) in [7, 11) is 0. The number of hydrogen-bond donors (Lipinski definition) is 2. The number of ketones is 1. The number of carboxylic acids is 1. The molecule has 238 valence electrons.